The number of carbonyl (C=O) groups is 1. The van der Waals surface area contributed by atoms with Gasteiger partial charge in [0.15, 0.2) is 0 Å². The maximum Gasteiger partial charge on any atom is 0.274 e. The van der Waals surface area contributed by atoms with Crippen LogP contribution in [0.5, 0.6) is 5.75 Å². The van der Waals surface area contributed by atoms with Crippen LogP contribution in [0.15, 0.2) is 30.3 Å². The summed E-state index contributed by atoms with van der Waals surface area (Å²) in [5.74, 6) is 0.982. The molecule has 0 saturated carbocycles. The molecular weight excluding hydrogens is 340 g/mol. The van der Waals surface area contributed by atoms with Crippen molar-refractivity contribution in [2.75, 3.05) is 23.3 Å². The summed E-state index contributed by atoms with van der Waals surface area (Å²) in [5.41, 5.74) is 1.76. The van der Waals surface area contributed by atoms with Gasteiger partial charge in [0.2, 0.25) is 5.95 Å². The number of para-hydroxylation sites is 2. The summed E-state index contributed by atoms with van der Waals surface area (Å²) >= 11 is 0. The molecule has 0 aliphatic carbocycles. The van der Waals surface area contributed by atoms with Crippen molar-refractivity contribution in [2.45, 2.75) is 53.6 Å². The molecule has 1 N–H and O–H groups in total. The lowest BCUT2D eigenvalue weighted by Crippen LogP contribution is -2.28. The number of anilines is 2. The molecule has 0 saturated heterocycles. The Morgan fingerprint density at radius 2 is 1.81 bits per heavy atom. The summed E-state index contributed by atoms with van der Waals surface area (Å²) in [6.45, 7) is 11.8. The smallest absolute Gasteiger partial charge is 0.274 e. The van der Waals surface area contributed by atoms with Crippen LogP contribution >= 0.6 is 0 Å². The Bertz CT molecular complexity index is 756. The Kier molecular flexibility index (Phi) is 7.58. The number of nitrogens with zero attached hydrogens (tertiary/aromatic N) is 3. The third-order valence-electron chi connectivity index (χ3n) is 3.84. The van der Waals surface area contributed by atoms with Gasteiger partial charge in [-0.3, -0.25) is 4.79 Å². The zero-order valence-corrected chi connectivity index (χ0v) is 17.0. The minimum absolute atomic E-state index is 0.0209. The number of carbonyl (C=O) groups excluding carboxylic acids is 1. The van der Waals surface area contributed by atoms with Crippen LogP contribution in [-0.2, 0) is 0 Å². The number of rotatable bonds is 9. The van der Waals surface area contributed by atoms with Gasteiger partial charge >= 0.3 is 0 Å². The first-order valence-electron chi connectivity index (χ1n) is 9.62. The van der Waals surface area contributed by atoms with Crippen LogP contribution in [-0.4, -0.2) is 35.1 Å². The Morgan fingerprint density at radius 3 is 2.44 bits per heavy atom. The third kappa shape index (κ3) is 5.94. The van der Waals surface area contributed by atoms with E-state index in [1.54, 1.807) is 6.07 Å². The second-order valence-electron chi connectivity index (χ2n) is 6.80. The normalized spacial score (nSPS) is 10.7. The number of aromatic nitrogens is 2. The minimum Gasteiger partial charge on any atom is -0.489 e. The fourth-order valence-corrected chi connectivity index (χ4v) is 2.78. The number of nitrogens with one attached hydrogen (secondary N) is 1. The summed E-state index contributed by atoms with van der Waals surface area (Å²) in [5, 5.41) is 2.92. The summed E-state index contributed by atoms with van der Waals surface area (Å²) in [7, 11) is 0. The molecule has 0 aliphatic rings. The third-order valence-corrected chi connectivity index (χ3v) is 3.84. The number of amides is 1. The Balaban J connectivity index is 2.27. The lowest BCUT2D eigenvalue weighted by molar-refractivity contribution is 0.102. The molecule has 0 fully saturated rings. The highest BCUT2D eigenvalue weighted by Crippen LogP contribution is 2.25. The average Bonchev–Trinajstić information content (AvgIpc) is 2.62. The number of benzene rings is 1. The van der Waals surface area contributed by atoms with Crippen molar-refractivity contribution >= 4 is 17.5 Å². The minimum atomic E-state index is -0.269. The van der Waals surface area contributed by atoms with E-state index >= 15 is 0 Å². The molecule has 6 nitrogen and oxygen atoms in total. The lowest BCUT2D eigenvalue weighted by atomic mass is 10.2. The molecule has 27 heavy (non-hydrogen) atoms. The molecule has 2 rings (SSSR count). The molecule has 0 radical (unpaired) electrons. The van der Waals surface area contributed by atoms with E-state index in [4.69, 9.17) is 4.74 Å². The molecule has 146 valence electrons. The van der Waals surface area contributed by atoms with Crippen LogP contribution in [0.4, 0.5) is 11.6 Å². The molecular formula is C21H30N4O2. The van der Waals surface area contributed by atoms with Gasteiger partial charge in [0.25, 0.3) is 5.91 Å². The molecule has 1 aromatic heterocycles. The van der Waals surface area contributed by atoms with Gasteiger partial charge in [0, 0.05) is 18.8 Å². The van der Waals surface area contributed by atoms with Gasteiger partial charge in [-0.1, -0.05) is 26.0 Å². The van der Waals surface area contributed by atoms with Crippen LogP contribution in [0.1, 0.15) is 56.7 Å². The van der Waals surface area contributed by atoms with Crippen molar-refractivity contribution in [2.24, 2.45) is 0 Å². The van der Waals surface area contributed by atoms with Gasteiger partial charge < -0.3 is 15.0 Å². The molecule has 0 spiro atoms. The van der Waals surface area contributed by atoms with E-state index in [-0.39, 0.29) is 12.0 Å². The van der Waals surface area contributed by atoms with E-state index in [2.05, 4.69) is 34.0 Å². The molecule has 0 bridgehead atoms. The van der Waals surface area contributed by atoms with Crippen molar-refractivity contribution in [3.8, 4) is 5.75 Å². The van der Waals surface area contributed by atoms with E-state index in [0.29, 0.717) is 23.1 Å². The predicted molar refractivity (Wildman–Crippen MR) is 110 cm³/mol. The molecule has 6 heteroatoms. The molecule has 2 aromatic rings. The monoisotopic (exact) mass is 370 g/mol. The lowest BCUT2D eigenvalue weighted by Gasteiger charge is -2.22. The second-order valence-corrected chi connectivity index (χ2v) is 6.80. The molecule has 1 amide bonds. The highest BCUT2D eigenvalue weighted by Gasteiger charge is 2.16. The maximum atomic E-state index is 12.8. The van der Waals surface area contributed by atoms with Gasteiger partial charge in [-0.2, -0.15) is 0 Å². The second kappa shape index (κ2) is 9.90. The van der Waals surface area contributed by atoms with E-state index in [1.165, 1.54) is 0 Å². The summed E-state index contributed by atoms with van der Waals surface area (Å²) in [4.78, 5) is 24.0. The molecule has 0 unspecified atom stereocenters. The standard InChI is InChI=1S/C21H30N4O2/c1-6-12-25(13-7-2)21-22-16(5)14-18(24-21)20(26)23-17-10-8-9-11-19(17)27-15(3)4/h8-11,14-15H,6-7,12-13H2,1-5H3,(H,23,26). The number of ether oxygens (including phenoxy) is 1. The Morgan fingerprint density at radius 1 is 1.15 bits per heavy atom. The topological polar surface area (TPSA) is 67.4 Å². The van der Waals surface area contributed by atoms with Crippen LogP contribution in [0.3, 0.4) is 0 Å². The van der Waals surface area contributed by atoms with E-state index < -0.39 is 0 Å². The number of hydrogen-bond acceptors (Lipinski definition) is 5. The van der Waals surface area contributed by atoms with Crippen LogP contribution in [0.2, 0.25) is 0 Å². The van der Waals surface area contributed by atoms with Gasteiger partial charge in [-0.25, -0.2) is 9.97 Å². The fraction of sp³-hybridized carbons (Fsp3) is 0.476. The first-order valence-corrected chi connectivity index (χ1v) is 9.62. The molecule has 0 aliphatic heterocycles. The molecule has 0 atom stereocenters. The van der Waals surface area contributed by atoms with Crippen molar-refractivity contribution < 1.29 is 9.53 Å². The van der Waals surface area contributed by atoms with Gasteiger partial charge in [-0.05, 0) is 51.8 Å². The first-order chi connectivity index (χ1) is 12.9. The van der Waals surface area contributed by atoms with Crippen molar-refractivity contribution in [3.05, 3.63) is 41.7 Å². The highest BCUT2D eigenvalue weighted by molar-refractivity contribution is 6.03. The van der Waals surface area contributed by atoms with Crippen LogP contribution in [0, 0.1) is 6.92 Å². The molecule has 1 heterocycles. The summed E-state index contributed by atoms with van der Waals surface area (Å²) in [6.07, 6.45) is 2.02. The van der Waals surface area contributed by atoms with Crippen LogP contribution in [0.25, 0.3) is 0 Å². The van der Waals surface area contributed by atoms with E-state index in [0.717, 1.165) is 31.6 Å². The largest absolute Gasteiger partial charge is 0.489 e. The SMILES string of the molecule is CCCN(CCC)c1nc(C)cc(C(=O)Nc2ccccc2OC(C)C)n1. The zero-order chi connectivity index (χ0) is 19.8. The van der Waals surface area contributed by atoms with E-state index in [1.807, 2.05) is 45.0 Å². The van der Waals surface area contributed by atoms with Crippen molar-refractivity contribution in [3.63, 3.8) is 0 Å². The summed E-state index contributed by atoms with van der Waals surface area (Å²) in [6, 6.07) is 9.12. The zero-order valence-electron chi connectivity index (χ0n) is 17.0. The maximum absolute atomic E-state index is 12.8. The van der Waals surface area contributed by atoms with Crippen LogP contribution < -0.4 is 15.0 Å². The van der Waals surface area contributed by atoms with Crippen molar-refractivity contribution in [1.82, 2.24) is 9.97 Å². The number of aryl methyl sites for hydroxylation is 1. The predicted octanol–water partition coefficient (Wildman–Crippen LogP) is 4.45. The highest BCUT2D eigenvalue weighted by atomic mass is 16.5. The van der Waals surface area contributed by atoms with E-state index in [9.17, 15) is 4.79 Å². The first kappa shape index (κ1) is 20.7. The Hall–Kier alpha value is -2.63. The molecule has 1 aromatic carbocycles. The van der Waals surface area contributed by atoms with Gasteiger partial charge in [0.1, 0.15) is 11.4 Å². The van der Waals surface area contributed by atoms with Crippen molar-refractivity contribution in [1.29, 1.82) is 0 Å². The van der Waals surface area contributed by atoms with Gasteiger partial charge in [-0.15, -0.1) is 0 Å². The fourth-order valence-electron chi connectivity index (χ4n) is 2.78. The average molecular weight is 370 g/mol. The van der Waals surface area contributed by atoms with Gasteiger partial charge in [0.05, 0.1) is 11.8 Å². The quantitative estimate of drug-likeness (QED) is 0.706. The summed E-state index contributed by atoms with van der Waals surface area (Å²) < 4.78 is 5.78. The number of hydrogen-bond donors (Lipinski definition) is 1. The Labute approximate surface area is 162 Å².